The van der Waals surface area contributed by atoms with Crippen LogP contribution in [0.4, 0.5) is 5.82 Å². The largest absolute Gasteiger partial charge is 0.384 e. The van der Waals surface area contributed by atoms with Crippen molar-refractivity contribution in [2.75, 3.05) is 5.73 Å². The first-order valence-corrected chi connectivity index (χ1v) is 5.38. The van der Waals surface area contributed by atoms with Gasteiger partial charge in [-0.1, -0.05) is 12.1 Å². The van der Waals surface area contributed by atoms with Crippen LogP contribution >= 0.6 is 0 Å². The first kappa shape index (κ1) is 9.84. The van der Waals surface area contributed by atoms with E-state index in [1.54, 1.807) is 6.20 Å². The van der Waals surface area contributed by atoms with Gasteiger partial charge in [-0.15, -0.1) is 0 Å². The molecule has 0 aliphatic carbocycles. The topological polar surface area (TPSA) is 56.7 Å². The number of hydrogen-bond donors (Lipinski definition) is 1. The Morgan fingerprint density at radius 3 is 2.76 bits per heavy atom. The monoisotopic (exact) mass is 224 g/mol. The van der Waals surface area contributed by atoms with Crippen LogP contribution < -0.4 is 5.73 Å². The number of aromatic nitrogens is 3. The third kappa shape index (κ3) is 1.54. The summed E-state index contributed by atoms with van der Waals surface area (Å²) in [5.41, 5.74) is 8.89. The number of benzene rings is 1. The molecule has 0 radical (unpaired) electrons. The van der Waals surface area contributed by atoms with Gasteiger partial charge in [0.1, 0.15) is 5.82 Å². The molecule has 0 unspecified atom stereocenters. The molecule has 3 aromatic rings. The van der Waals surface area contributed by atoms with Crippen molar-refractivity contribution in [1.29, 1.82) is 0 Å². The first-order chi connectivity index (χ1) is 8.25. The summed E-state index contributed by atoms with van der Waals surface area (Å²) in [4.78, 5) is 4.12. The lowest BCUT2D eigenvalue weighted by Crippen LogP contribution is -1.90. The number of nitrogens with zero attached hydrogens (tertiary/aromatic N) is 3. The second-order valence-corrected chi connectivity index (χ2v) is 3.98. The highest BCUT2D eigenvalue weighted by Crippen LogP contribution is 2.27. The highest BCUT2D eigenvalue weighted by molar-refractivity contribution is 5.94. The summed E-state index contributed by atoms with van der Waals surface area (Å²) < 4.78 is 1.86. The Labute approximate surface area is 98.7 Å². The minimum Gasteiger partial charge on any atom is -0.384 e. The maximum atomic E-state index is 5.59. The summed E-state index contributed by atoms with van der Waals surface area (Å²) in [6, 6.07) is 9.93. The van der Waals surface area contributed by atoms with E-state index in [1.807, 2.05) is 36.1 Å². The average Bonchev–Trinajstić information content (AvgIpc) is 2.73. The number of fused-ring (bicyclic) bond motifs is 1. The van der Waals surface area contributed by atoms with Gasteiger partial charge in [0.15, 0.2) is 0 Å². The van der Waals surface area contributed by atoms with E-state index in [4.69, 9.17) is 5.73 Å². The van der Waals surface area contributed by atoms with Crippen molar-refractivity contribution < 1.29 is 0 Å². The molecule has 0 aliphatic rings. The maximum Gasteiger partial charge on any atom is 0.123 e. The molecular weight excluding hydrogens is 212 g/mol. The summed E-state index contributed by atoms with van der Waals surface area (Å²) in [6.07, 6.45) is 3.66. The third-order valence-electron chi connectivity index (χ3n) is 2.89. The van der Waals surface area contributed by atoms with Crippen molar-refractivity contribution in [2.24, 2.45) is 7.05 Å². The number of pyridine rings is 1. The van der Waals surface area contributed by atoms with Gasteiger partial charge in [-0.25, -0.2) is 4.98 Å². The van der Waals surface area contributed by atoms with Crippen molar-refractivity contribution >= 4 is 16.7 Å². The normalized spacial score (nSPS) is 10.9. The molecule has 1 aromatic carbocycles. The Morgan fingerprint density at radius 1 is 1.12 bits per heavy atom. The van der Waals surface area contributed by atoms with E-state index in [0.29, 0.717) is 5.82 Å². The quantitative estimate of drug-likeness (QED) is 0.689. The molecule has 0 bridgehead atoms. The van der Waals surface area contributed by atoms with Crippen LogP contribution in [0.15, 0.2) is 42.7 Å². The van der Waals surface area contributed by atoms with Crippen LogP contribution in [0.25, 0.3) is 22.0 Å². The Balaban J connectivity index is 2.26. The van der Waals surface area contributed by atoms with Crippen LogP contribution in [0.2, 0.25) is 0 Å². The zero-order valence-corrected chi connectivity index (χ0v) is 9.46. The number of hydrogen-bond acceptors (Lipinski definition) is 3. The summed E-state index contributed by atoms with van der Waals surface area (Å²) in [5.74, 6) is 0.534. The fraction of sp³-hybridized carbons (Fsp3) is 0.0769. The lowest BCUT2D eigenvalue weighted by Gasteiger charge is -2.03. The lowest BCUT2D eigenvalue weighted by atomic mass is 10.0. The molecule has 4 nitrogen and oxygen atoms in total. The van der Waals surface area contributed by atoms with E-state index >= 15 is 0 Å². The van der Waals surface area contributed by atoms with Crippen molar-refractivity contribution in [2.45, 2.75) is 0 Å². The Hall–Kier alpha value is -2.36. The van der Waals surface area contributed by atoms with Gasteiger partial charge in [-0.05, 0) is 23.8 Å². The van der Waals surface area contributed by atoms with E-state index in [0.717, 1.165) is 22.0 Å². The summed E-state index contributed by atoms with van der Waals surface area (Å²) >= 11 is 0. The predicted octanol–water partition coefficient (Wildman–Crippen LogP) is 2.22. The molecular formula is C13H12N4. The zero-order valence-electron chi connectivity index (χ0n) is 9.46. The molecule has 0 spiro atoms. The molecule has 0 fully saturated rings. The van der Waals surface area contributed by atoms with E-state index in [-0.39, 0.29) is 0 Å². The highest BCUT2D eigenvalue weighted by Gasteiger charge is 2.06. The number of nitrogens with two attached hydrogens (primary N) is 1. The SMILES string of the molecule is Cn1ncc2c(-c3ccc(N)nc3)cccc21. The minimum atomic E-state index is 0.534. The van der Waals surface area contributed by atoms with Gasteiger partial charge in [0, 0.05) is 24.2 Å². The second kappa shape index (κ2) is 3.59. The van der Waals surface area contributed by atoms with Gasteiger partial charge in [-0.2, -0.15) is 5.10 Å². The third-order valence-corrected chi connectivity index (χ3v) is 2.89. The lowest BCUT2D eigenvalue weighted by molar-refractivity contribution is 0.797. The van der Waals surface area contributed by atoms with Crippen LogP contribution in [0.3, 0.4) is 0 Å². The van der Waals surface area contributed by atoms with Crippen LogP contribution in [0, 0.1) is 0 Å². The van der Waals surface area contributed by atoms with Gasteiger partial charge in [-0.3, -0.25) is 4.68 Å². The van der Waals surface area contributed by atoms with Crippen molar-refractivity contribution in [1.82, 2.24) is 14.8 Å². The highest BCUT2D eigenvalue weighted by atomic mass is 15.2. The van der Waals surface area contributed by atoms with Crippen LogP contribution in [0.5, 0.6) is 0 Å². The number of nitrogen functional groups attached to an aromatic ring is 1. The summed E-state index contributed by atoms with van der Waals surface area (Å²) in [5, 5.41) is 5.40. The molecule has 2 aromatic heterocycles. The van der Waals surface area contributed by atoms with Crippen LogP contribution in [0.1, 0.15) is 0 Å². The van der Waals surface area contributed by atoms with Gasteiger partial charge in [0.05, 0.1) is 11.7 Å². The summed E-state index contributed by atoms with van der Waals surface area (Å²) in [6.45, 7) is 0. The molecule has 84 valence electrons. The van der Waals surface area contributed by atoms with Crippen molar-refractivity contribution in [3.8, 4) is 11.1 Å². The molecule has 0 atom stereocenters. The van der Waals surface area contributed by atoms with E-state index in [1.165, 1.54) is 0 Å². The molecule has 0 aliphatic heterocycles. The molecule has 2 N–H and O–H groups in total. The summed E-state index contributed by atoms with van der Waals surface area (Å²) in [7, 11) is 1.94. The molecule has 4 heteroatoms. The van der Waals surface area contributed by atoms with Crippen LogP contribution in [-0.2, 0) is 7.05 Å². The van der Waals surface area contributed by atoms with E-state index < -0.39 is 0 Å². The van der Waals surface area contributed by atoms with Crippen LogP contribution in [-0.4, -0.2) is 14.8 Å². The Morgan fingerprint density at radius 2 is 2.00 bits per heavy atom. The molecule has 17 heavy (non-hydrogen) atoms. The predicted molar refractivity (Wildman–Crippen MR) is 68.4 cm³/mol. The Bertz CT molecular complexity index is 667. The minimum absolute atomic E-state index is 0.534. The average molecular weight is 224 g/mol. The van der Waals surface area contributed by atoms with Gasteiger partial charge >= 0.3 is 0 Å². The van der Waals surface area contributed by atoms with Crippen molar-refractivity contribution in [3.63, 3.8) is 0 Å². The maximum absolute atomic E-state index is 5.59. The van der Waals surface area contributed by atoms with E-state index in [9.17, 15) is 0 Å². The molecule has 3 rings (SSSR count). The molecule has 2 heterocycles. The van der Waals surface area contributed by atoms with Gasteiger partial charge < -0.3 is 5.73 Å². The molecule has 0 saturated carbocycles. The fourth-order valence-corrected chi connectivity index (χ4v) is 1.99. The standard InChI is InChI=1S/C13H12N4/c1-17-12-4-2-3-10(11(12)8-16-17)9-5-6-13(14)15-7-9/h2-8H,1H3,(H2,14,15). The van der Waals surface area contributed by atoms with E-state index in [2.05, 4.69) is 22.2 Å². The Kier molecular flexibility index (Phi) is 2.08. The molecule has 0 saturated heterocycles. The van der Waals surface area contributed by atoms with Crippen molar-refractivity contribution in [3.05, 3.63) is 42.7 Å². The number of rotatable bonds is 1. The first-order valence-electron chi connectivity index (χ1n) is 5.38. The second-order valence-electron chi connectivity index (χ2n) is 3.98. The fourth-order valence-electron chi connectivity index (χ4n) is 1.99. The zero-order chi connectivity index (χ0) is 11.8. The number of aryl methyl sites for hydroxylation is 1. The smallest absolute Gasteiger partial charge is 0.123 e. The van der Waals surface area contributed by atoms with Gasteiger partial charge in [0.25, 0.3) is 0 Å². The molecule has 0 amide bonds. The van der Waals surface area contributed by atoms with Gasteiger partial charge in [0.2, 0.25) is 0 Å². The number of anilines is 1.